The van der Waals surface area contributed by atoms with E-state index in [0.717, 1.165) is 0 Å². The number of hydrogen-bond acceptors (Lipinski definition) is 4. The third-order valence-corrected chi connectivity index (χ3v) is 3.80. The fourth-order valence-corrected chi connectivity index (χ4v) is 2.44. The molecular formula is C15H17N3O2S. The van der Waals surface area contributed by atoms with Gasteiger partial charge in [0.05, 0.1) is 4.88 Å². The van der Waals surface area contributed by atoms with Crippen LogP contribution in [0.2, 0.25) is 0 Å². The van der Waals surface area contributed by atoms with E-state index < -0.39 is 6.04 Å². The molecule has 5 nitrogen and oxygen atoms in total. The van der Waals surface area contributed by atoms with Crippen molar-refractivity contribution in [3.8, 4) is 0 Å². The van der Waals surface area contributed by atoms with Crippen molar-refractivity contribution < 1.29 is 9.59 Å². The molecule has 0 saturated carbocycles. The number of hydrogen-bond donors (Lipinski definition) is 2. The second kappa shape index (κ2) is 6.99. The van der Waals surface area contributed by atoms with Gasteiger partial charge in [-0.1, -0.05) is 19.9 Å². The van der Waals surface area contributed by atoms with E-state index in [9.17, 15) is 9.59 Å². The second-order valence-corrected chi connectivity index (χ2v) is 5.85. The van der Waals surface area contributed by atoms with Crippen molar-refractivity contribution in [3.05, 3.63) is 46.9 Å². The predicted octanol–water partition coefficient (Wildman–Crippen LogP) is 2.54. The Balaban J connectivity index is 2.05. The molecule has 2 amide bonds. The van der Waals surface area contributed by atoms with Gasteiger partial charge in [-0.3, -0.25) is 14.6 Å². The van der Waals surface area contributed by atoms with Gasteiger partial charge < -0.3 is 10.6 Å². The van der Waals surface area contributed by atoms with E-state index in [0.29, 0.717) is 10.6 Å². The van der Waals surface area contributed by atoms with E-state index in [1.165, 1.54) is 11.3 Å². The molecule has 0 saturated heterocycles. The third-order valence-electron chi connectivity index (χ3n) is 2.93. The van der Waals surface area contributed by atoms with E-state index in [1.807, 2.05) is 19.2 Å². The fraction of sp³-hybridized carbons (Fsp3) is 0.267. The number of thiophene rings is 1. The largest absolute Gasteiger partial charge is 0.339 e. The first kappa shape index (κ1) is 15.2. The number of pyridine rings is 1. The normalized spacial score (nSPS) is 12.0. The third kappa shape index (κ3) is 4.13. The quantitative estimate of drug-likeness (QED) is 0.891. The highest BCUT2D eigenvalue weighted by atomic mass is 32.1. The minimum atomic E-state index is -0.590. The number of carbonyl (C=O) groups is 2. The molecule has 0 aromatic carbocycles. The van der Waals surface area contributed by atoms with Gasteiger partial charge in [0.1, 0.15) is 6.04 Å². The number of rotatable bonds is 5. The van der Waals surface area contributed by atoms with Crippen LogP contribution in [0, 0.1) is 5.92 Å². The van der Waals surface area contributed by atoms with Gasteiger partial charge in [0, 0.05) is 18.1 Å². The Kier molecular flexibility index (Phi) is 5.05. The highest BCUT2D eigenvalue weighted by molar-refractivity contribution is 7.12. The predicted molar refractivity (Wildman–Crippen MR) is 83.3 cm³/mol. The van der Waals surface area contributed by atoms with Crippen molar-refractivity contribution in [2.75, 3.05) is 5.32 Å². The molecular weight excluding hydrogens is 286 g/mol. The maximum atomic E-state index is 12.3. The molecule has 2 aromatic heterocycles. The van der Waals surface area contributed by atoms with Crippen molar-refractivity contribution in [3.63, 3.8) is 0 Å². The topological polar surface area (TPSA) is 71.1 Å². The Morgan fingerprint density at radius 2 is 1.90 bits per heavy atom. The van der Waals surface area contributed by atoms with Crippen molar-refractivity contribution >= 4 is 28.8 Å². The van der Waals surface area contributed by atoms with Crippen molar-refractivity contribution in [2.45, 2.75) is 19.9 Å². The number of amides is 2. The lowest BCUT2D eigenvalue weighted by Crippen LogP contribution is -2.46. The van der Waals surface area contributed by atoms with Crippen molar-refractivity contribution in [2.24, 2.45) is 5.92 Å². The minimum absolute atomic E-state index is 0.0178. The number of aromatic nitrogens is 1. The van der Waals surface area contributed by atoms with Crippen LogP contribution in [0.25, 0.3) is 0 Å². The van der Waals surface area contributed by atoms with Crippen LogP contribution in [0.4, 0.5) is 5.69 Å². The summed E-state index contributed by atoms with van der Waals surface area (Å²) in [4.78, 5) is 28.9. The summed E-state index contributed by atoms with van der Waals surface area (Å²) in [5, 5.41) is 7.40. The van der Waals surface area contributed by atoms with Crippen LogP contribution in [0.1, 0.15) is 23.5 Å². The first-order valence-corrected chi connectivity index (χ1v) is 7.51. The van der Waals surface area contributed by atoms with Crippen LogP contribution < -0.4 is 10.6 Å². The molecule has 110 valence electrons. The van der Waals surface area contributed by atoms with Gasteiger partial charge in [0.15, 0.2) is 0 Å². The zero-order chi connectivity index (χ0) is 15.2. The summed E-state index contributed by atoms with van der Waals surface area (Å²) in [6.45, 7) is 3.79. The molecule has 0 aliphatic heterocycles. The van der Waals surface area contributed by atoms with Crippen LogP contribution in [0.5, 0.6) is 0 Å². The zero-order valence-corrected chi connectivity index (χ0v) is 12.7. The fourth-order valence-electron chi connectivity index (χ4n) is 1.81. The van der Waals surface area contributed by atoms with Gasteiger partial charge in [-0.05, 0) is 29.5 Å². The lowest BCUT2D eigenvalue weighted by Gasteiger charge is -2.21. The summed E-state index contributed by atoms with van der Waals surface area (Å²) in [5.41, 5.74) is 0.658. The molecule has 0 aliphatic carbocycles. The molecule has 0 unspecified atom stereocenters. The maximum Gasteiger partial charge on any atom is 0.262 e. The maximum absolute atomic E-state index is 12.3. The smallest absolute Gasteiger partial charge is 0.262 e. The van der Waals surface area contributed by atoms with Crippen LogP contribution in [0.3, 0.4) is 0 Å². The average molecular weight is 303 g/mol. The molecule has 21 heavy (non-hydrogen) atoms. The zero-order valence-electron chi connectivity index (χ0n) is 11.9. The molecule has 2 aromatic rings. The molecule has 2 N–H and O–H groups in total. The van der Waals surface area contributed by atoms with Crippen LogP contribution in [-0.4, -0.2) is 22.8 Å². The number of nitrogens with zero attached hydrogens (tertiary/aromatic N) is 1. The summed E-state index contributed by atoms with van der Waals surface area (Å²) < 4.78 is 0. The van der Waals surface area contributed by atoms with Gasteiger partial charge in [0.2, 0.25) is 5.91 Å². The molecule has 0 fully saturated rings. The summed E-state index contributed by atoms with van der Waals surface area (Å²) in [6, 6.07) is 6.36. The van der Waals surface area contributed by atoms with E-state index in [4.69, 9.17) is 0 Å². The minimum Gasteiger partial charge on any atom is -0.339 e. The summed E-state index contributed by atoms with van der Waals surface area (Å²) in [7, 11) is 0. The van der Waals surface area contributed by atoms with Gasteiger partial charge >= 0.3 is 0 Å². The van der Waals surface area contributed by atoms with E-state index in [1.54, 1.807) is 36.7 Å². The Morgan fingerprint density at radius 3 is 2.48 bits per heavy atom. The summed E-state index contributed by atoms with van der Waals surface area (Å²) in [6.07, 6.45) is 3.20. The van der Waals surface area contributed by atoms with Crippen molar-refractivity contribution in [1.29, 1.82) is 0 Å². The number of carbonyl (C=O) groups excluding carboxylic acids is 2. The van der Waals surface area contributed by atoms with Crippen molar-refractivity contribution in [1.82, 2.24) is 10.3 Å². The highest BCUT2D eigenvalue weighted by Crippen LogP contribution is 2.12. The van der Waals surface area contributed by atoms with Gasteiger partial charge in [-0.15, -0.1) is 11.3 Å². The SMILES string of the molecule is CC(C)[C@@H](NC(=O)c1cccs1)C(=O)Nc1ccncc1. The Bertz CT molecular complexity index is 597. The summed E-state index contributed by atoms with van der Waals surface area (Å²) >= 11 is 1.35. The molecule has 1 atom stereocenters. The molecule has 0 spiro atoms. The molecule has 2 heterocycles. The van der Waals surface area contributed by atoms with E-state index in [-0.39, 0.29) is 17.7 Å². The molecule has 0 radical (unpaired) electrons. The number of nitrogens with one attached hydrogen (secondary N) is 2. The highest BCUT2D eigenvalue weighted by Gasteiger charge is 2.25. The molecule has 0 bridgehead atoms. The standard InChI is InChI=1S/C15H17N3O2S/c1-10(2)13(18-14(19)12-4-3-9-21-12)15(20)17-11-5-7-16-8-6-11/h3-10,13H,1-2H3,(H,18,19)(H,16,17,20)/t13-/m1/s1. The Morgan fingerprint density at radius 1 is 1.19 bits per heavy atom. The molecule has 0 aliphatic rings. The molecule has 6 heteroatoms. The Hall–Kier alpha value is -2.21. The van der Waals surface area contributed by atoms with Gasteiger partial charge in [-0.2, -0.15) is 0 Å². The second-order valence-electron chi connectivity index (χ2n) is 4.90. The van der Waals surface area contributed by atoms with E-state index in [2.05, 4.69) is 15.6 Å². The summed E-state index contributed by atoms with van der Waals surface area (Å²) in [5.74, 6) is -0.481. The van der Waals surface area contributed by atoms with Crippen LogP contribution in [-0.2, 0) is 4.79 Å². The van der Waals surface area contributed by atoms with Gasteiger partial charge in [0.25, 0.3) is 5.91 Å². The first-order chi connectivity index (χ1) is 10.1. The average Bonchev–Trinajstić information content (AvgIpc) is 2.99. The lowest BCUT2D eigenvalue weighted by molar-refractivity contribution is -0.118. The lowest BCUT2D eigenvalue weighted by atomic mass is 10.0. The van der Waals surface area contributed by atoms with E-state index >= 15 is 0 Å². The Labute approximate surface area is 127 Å². The van der Waals surface area contributed by atoms with Gasteiger partial charge in [-0.25, -0.2) is 0 Å². The monoisotopic (exact) mass is 303 g/mol. The number of anilines is 1. The van der Waals surface area contributed by atoms with Crippen LogP contribution in [0.15, 0.2) is 42.0 Å². The van der Waals surface area contributed by atoms with Crippen LogP contribution >= 0.6 is 11.3 Å². The first-order valence-electron chi connectivity index (χ1n) is 6.63. The molecule has 2 rings (SSSR count).